The van der Waals surface area contributed by atoms with Gasteiger partial charge >= 0.3 is 0 Å². The van der Waals surface area contributed by atoms with Crippen molar-refractivity contribution in [1.29, 1.82) is 0 Å². The number of likely N-dealkylation sites (tertiary alicyclic amines) is 1. The van der Waals surface area contributed by atoms with Gasteiger partial charge in [0.2, 0.25) is 0 Å². The highest BCUT2D eigenvalue weighted by Crippen LogP contribution is 2.27. The molecule has 0 saturated carbocycles. The van der Waals surface area contributed by atoms with E-state index in [-0.39, 0.29) is 5.91 Å². The molecule has 0 bridgehead atoms. The predicted octanol–water partition coefficient (Wildman–Crippen LogP) is 2.87. The number of amides is 1. The van der Waals surface area contributed by atoms with Crippen molar-refractivity contribution < 1.29 is 13.7 Å². The van der Waals surface area contributed by atoms with E-state index in [0.717, 1.165) is 25.9 Å². The minimum absolute atomic E-state index is 0.00940. The van der Waals surface area contributed by atoms with Crippen LogP contribution in [0.15, 0.2) is 27.3 Å². The first-order valence-corrected chi connectivity index (χ1v) is 6.57. The monoisotopic (exact) mass is 260 g/mol. The quantitative estimate of drug-likeness (QED) is 0.833. The molecule has 0 spiro atoms. The summed E-state index contributed by atoms with van der Waals surface area (Å²) >= 11 is 0. The number of aryl methyl sites for hydroxylation is 1. The Morgan fingerprint density at radius 3 is 2.79 bits per heavy atom. The van der Waals surface area contributed by atoms with Gasteiger partial charge in [0, 0.05) is 13.1 Å². The molecule has 0 unspecified atom stereocenters. The maximum Gasteiger partial charge on any atom is 0.259 e. The van der Waals surface area contributed by atoms with E-state index >= 15 is 0 Å². The molecule has 5 heteroatoms. The van der Waals surface area contributed by atoms with Gasteiger partial charge in [-0.2, -0.15) is 0 Å². The first kappa shape index (κ1) is 12.0. The van der Waals surface area contributed by atoms with Gasteiger partial charge in [-0.3, -0.25) is 4.79 Å². The second-order valence-corrected chi connectivity index (χ2v) is 4.79. The van der Waals surface area contributed by atoms with Gasteiger partial charge in [0.1, 0.15) is 11.3 Å². The molecule has 0 atom stereocenters. The number of nitrogens with zero attached hydrogens (tertiary/aromatic N) is 2. The van der Waals surface area contributed by atoms with Crippen LogP contribution in [0.1, 0.15) is 35.4 Å². The van der Waals surface area contributed by atoms with Crippen molar-refractivity contribution in [2.45, 2.75) is 26.2 Å². The normalized spacial score (nSPS) is 15.7. The Kier molecular flexibility index (Phi) is 3.11. The minimum Gasteiger partial charge on any atom is -0.463 e. The number of carbonyl (C=O) groups is 1. The highest BCUT2D eigenvalue weighted by Gasteiger charge is 2.27. The molecule has 3 heterocycles. The maximum absolute atomic E-state index is 12.6. The fourth-order valence-corrected chi connectivity index (χ4v) is 2.46. The van der Waals surface area contributed by atoms with E-state index in [1.165, 1.54) is 6.42 Å². The summed E-state index contributed by atoms with van der Waals surface area (Å²) in [4.78, 5) is 14.5. The van der Waals surface area contributed by atoms with Gasteiger partial charge in [0.25, 0.3) is 5.91 Å². The lowest BCUT2D eigenvalue weighted by molar-refractivity contribution is 0.0723. The smallest absolute Gasteiger partial charge is 0.259 e. The summed E-state index contributed by atoms with van der Waals surface area (Å²) in [6.07, 6.45) is 4.88. The third-order valence-corrected chi connectivity index (χ3v) is 3.47. The number of carbonyl (C=O) groups excluding carboxylic acids is 1. The van der Waals surface area contributed by atoms with E-state index in [4.69, 9.17) is 8.94 Å². The van der Waals surface area contributed by atoms with E-state index in [1.807, 2.05) is 4.90 Å². The fourth-order valence-electron chi connectivity index (χ4n) is 2.46. The molecule has 5 nitrogen and oxygen atoms in total. The molecule has 0 N–H and O–H groups in total. The van der Waals surface area contributed by atoms with Crippen LogP contribution in [-0.2, 0) is 0 Å². The standard InChI is InChI=1S/C14H16N2O3/c1-10-12(14(17)16-7-3-2-4-8-16)13(15-19-10)11-6-5-9-18-11/h5-6,9H,2-4,7-8H2,1H3. The molecule has 1 aliphatic heterocycles. The molecule has 1 amide bonds. The van der Waals surface area contributed by atoms with E-state index in [9.17, 15) is 4.79 Å². The average molecular weight is 260 g/mol. The molecule has 0 radical (unpaired) electrons. The zero-order valence-corrected chi connectivity index (χ0v) is 10.9. The van der Waals surface area contributed by atoms with Crippen molar-refractivity contribution in [3.63, 3.8) is 0 Å². The van der Waals surface area contributed by atoms with Crippen LogP contribution in [0, 0.1) is 6.92 Å². The van der Waals surface area contributed by atoms with Gasteiger partial charge < -0.3 is 13.8 Å². The van der Waals surface area contributed by atoms with Crippen LogP contribution in [0.25, 0.3) is 11.5 Å². The molecule has 1 fully saturated rings. The Morgan fingerprint density at radius 1 is 1.32 bits per heavy atom. The van der Waals surface area contributed by atoms with Crippen LogP contribution >= 0.6 is 0 Å². The Hall–Kier alpha value is -2.04. The van der Waals surface area contributed by atoms with Gasteiger partial charge in [-0.05, 0) is 38.3 Å². The maximum atomic E-state index is 12.6. The van der Waals surface area contributed by atoms with Gasteiger partial charge in [-0.25, -0.2) is 0 Å². The number of hydrogen-bond acceptors (Lipinski definition) is 4. The Morgan fingerprint density at radius 2 is 2.11 bits per heavy atom. The number of piperidine rings is 1. The Bertz CT molecular complexity index is 566. The SMILES string of the molecule is Cc1onc(-c2ccco2)c1C(=O)N1CCCCC1. The molecule has 0 aliphatic carbocycles. The second kappa shape index (κ2) is 4.91. The van der Waals surface area contributed by atoms with E-state index in [2.05, 4.69) is 5.16 Å². The van der Waals surface area contributed by atoms with Crippen LogP contribution in [0.2, 0.25) is 0 Å². The lowest BCUT2D eigenvalue weighted by atomic mass is 10.1. The molecule has 0 aromatic carbocycles. The van der Waals surface area contributed by atoms with Crippen LogP contribution < -0.4 is 0 Å². The largest absolute Gasteiger partial charge is 0.463 e. The summed E-state index contributed by atoms with van der Waals surface area (Å²) in [6.45, 7) is 3.37. The molecule has 3 rings (SSSR count). The van der Waals surface area contributed by atoms with Gasteiger partial charge in [-0.1, -0.05) is 5.16 Å². The van der Waals surface area contributed by atoms with Gasteiger partial charge in [-0.15, -0.1) is 0 Å². The number of furan rings is 1. The Labute approximate surface area is 111 Å². The molecule has 1 saturated heterocycles. The van der Waals surface area contributed by atoms with Gasteiger partial charge in [0.05, 0.1) is 6.26 Å². The van der Waals surface area contributed by atoms with Gasteiger partial charge in [0.15, 0.2) is 11.5 Å². The molecule has 2 aromatic rings. The first-order chi connectivity index (χ1) is 9.27. The minimum atomic E-state index is -0.00940. The third kappa shape index (κ3) is 2.16. The summed E-state index contributed by atoms with van der Waals surface area (Å²) in [6, 6.07) is 3.55. The van der Waals surface area contributed by atoms with Crippen LogP contribution in [0.5, 0.6) is 0 Å². The van der Waals surface area contributed by atoms with Crippen molar-refractivity contribution in [3.8, 4) is 11.5 Å². The summed E-state index contributed by atoms with van der Waals surface area (Å²) in [5.41, 5.74) is 1.02. The van der Waals surface area contributed by atoms with Crippen molar-refractivity contribution in [2.24, 2.45) is 0 Å². The van der Waals surface area contributed by atoms with Crippen LogP contribution in [0.3, 0.4) is 0 Å². The van der Waals surface area contributed by atoms with Crippen LogP contribution in [0.4, 0.5) is 0 Å². The topological polar surface area (TPSA) is 59.5 Å². The van der Waals surface area contributed by atoms with E-state index < -0.39 is 0 Å². The molecule has 1 aliphatic rings. The van der Waals surface area contributed by atoms with E-state index in [0.29, 0.717) is 22.8 Å². The number of hydrogen-bond donors (Lipinski definition) is 0. The van der Waals surface area contributed by atoms with Crippen molar-refractivity contribution in [3.05, 3.63) is 29.7 Å². The van der Waals surface area contributed by atoms with Crippen molar-refractivity contribution in [2.75, 3.05) is 13.1 Å². The summed E-state index contributed by atoms with van der Waals surface area (Å²) in [7, 11) is 0. The molecule has 19 heavy (non-hydrogen) atoms. The zero-order valence-electron chi connectivity index (χ0n) is 10.9. The highest BCUT2D eigenvalue weighted by atomic mass is 16.5. The number of aromatic nitrogens is 1. The second-order valence-electron chi connectivity index (χ2n) is 4.79. The average Bonchev–Trinajstić information content (AvgIpc) is 3.08. The molecule has 2 aromatic heterocycles. The van der Waals surface area contributed by atoms with Crippen LogP contribution in [-0.4, -0.2) is 29.1 Å². The zero-order chi connectivity index (χ0) is 13.2. The lowest BCUT2D eigenvalue weighted by Gasteiger charge is -2.26. The lowest BCUT2D eigenvalue weighted by Crippen LogP contribution is -2.36. The fraction of sp³-hybridized carbons (Fsp3) is 0.429. The Balaban J connectivity index is 1.95. The number of rotatable bonds is 2. The van der Waals surface area contributed by atoms with Crippen molar-refractivity contribution >= 4 is 5.91 Å². The summed E-state index contributed by atoms with van der Waals surface area (Å²) in [5, 5.41) is 3.96. The highest BCUT2D eigenvalue weighted by molar-refractivity contribution is 6.00. The first-order valence-electron chi connectivity index (χ1n) is 6.57. The molecule has 100 valence electrons. The summed E-state index contributed by atoms with van der Waals surface area (Å²) < 4.78 is 10.5. The summed E-state index contributed by atoms with van der Waals surface area (Å²) in [5.74, 6) is 1.10. The molecular formula is C14H16N2O3. The van der Waals surface area contributed by atoms with Crippen molar-refractivity contribution in [1.82, 2.24) is 10.1 Å². The molecular weight excluding hydrogens is 244 g/mol. The predicted molar refractivity (Wildman–Crippen MR) is 68.7 cm³/mol. The third-order valence-electron chi connectivity index (χ3n) is 3.47. The van der Waals surface area contributed by atoms with E-state index in [1.54, 1.807) is 25.3 Å².